The van der Waals surface area contributed by atoms with Gasteiger partial charge in [0.05, 0.1) is 31.4 Å². The van der Waals surface area contributed by atoms with Gasteiger partial charge in [-0.2, -0.15) is 0 Å². The lowest BCUT2D eigenvalue weighted by atomic mass is 10.1. The van der Waals surface area contributed by atoms with Crippen molar-refractivity contribution in [1.82, 2.24) is 10.2 Å². The van der Waals surface area contributed by atoms with Gasteiger partial charge in [0, 0.05) is 19.2 Å². The zero-order valence-corrected chi connectivity index (χ0v) is 26.9. The van der Waals surface area contributed by atoms with Gasteiger partial charge in [-0.1, -0.05) is 44.2 Å². The summed E-state index contributed by atoms with van der Waals surface area (Å²) in [5.74, 6) is 0.387. The summed E-state index contributed by atoms with van der Waals surface area (Å²) in [7, 11) is -1.41. The molecule has 0 fully saturated rings. The van der Waals surface area contributed by atoms with Crippen LogP contribution in [0.4, 0.5) is 5.69 Å². The Morgan fingerprint density at radius 3 is 2.16 bits per heavy atom. The molecule has 0 aromatic heterocycles. The van der Waals surface area contributed by atoms with E-state index in [9.17, 15) is 18.0 Å². The Hall–Kier alpha value is -4.25. The third kappa shape index (κ3) is 8.66. The van der Waals surface area contributed by atoms with Crippen LogP contribution in [-0.2, 0) is 26.0 Å². The van der Waals surface area contributed by atoms with Gasteiger partial charge in [0.1, 0.15) is 18.3 Å². The third-order valence-electron chi connectivity index (χ3n) is 7.08. The highest BCUT2D eigenvalue weighted by molar-refractivity contribution is 7.92. The fraction of sp³-hybridized carbons (Fsp3) is 0.394. The van der Waals surface area contributed by atoms with Crippen molar-refractivity contribution in [2.75, 3.05) is 44.8 Å². The van der Waals surface area contributed by atoms with Gasteiger partial charge >= 0.3 is 0 Å². The lowest BCUT2D eigenvalue weighted by Crippen LogP contribution is -2.53. The number of hydrogen-bond acceptors (Lipinski definition) is 7. The molecule has 3 aromatic carbocycles. The average molecular weight is 626 g/mol. The SMILES string of the molecule is CCCNC(=O)C(CC)N(CCc1ccccc1)C(=O)CN(c1ccc(OCC)cc1)S(=O)(=O)c1ccc(OC)c(OC)c1. The molecule has 0 saturated carbocycles. The van der Waals surface area contributed by atoms with Crippen LogP contribution < -0.4 is 23.8 Å². The van der Waals surface area contributed by atoms with Crippen LogP contribution >= 0.6 is 0 Å². The van der Waals surface area contributed by atoms with Crippen molar-refractivity contribution in [3.63, 3.8) is 0 Å². The zero-order valence-electron chi connectivity index (χ0n) is 26.1. The molecule has 0 bridgehead atoms. The number of amides is 2. The summed E-state index contributed by atoms with van der Waals surface area (Å²) in [5.41, 5.74) is 1.26. The molecule has 10 nitrogen and oxygen atoms in total. The van der Waals surface area contributed by atoms with Gasteiger partial charge in [-0.05, 0) is 68.1 Å². The largest absolute Gasteiger partial charge is 0.494 e. The monoisotopic (exact) mass is 625 g/mol. The van der Waals surface area contributed by atoms with E-state index in [1.165, 1.54) is 37.3 Å². The van der Waals surface area contributed by atoms with E-state index in [1.807, 2.05) is 51.1 Å². The van der Waals surface area contributed by atoms with E-state index in [2.05, 4.69) is 5.32 Å². The van der Waals surface area contributed by atoms with Gasteiger partial charge in [-0.3, -0.25) is 13.9 Å². The first-order chi connectivity index (χ1) is 21.2. The number of benzene rings is 3. The van der Waals surface area contributed by atoms with Crippen molar-refractivity contribution in [3.05, 3.63) is 78.4 Å². The highest BCUT2D eigenvalue weighted by Crippen LogP contribution is 2.33. The molecule has 44 heavy (non-hydrogen) atoms. The van der Waals surface area contributed by atoms with Crippen LogP contribution in [0.1, 0.15) is 39.2 Å². The first-order valence-electron chi connectivity index (χ1n) is 14.8. The van der Waals surface area contributed by atoms with E-state index < -0.39 is 28.5 Å². The summed E-state index contributed by atoms with van der Waals surface area (Å²) in [6.07, 6.45) is 1.60. The van der Waals surface area contributed by atoms with E-state index in [-0.39, 0.29) is 28.8 Å². The third-order valence-corrected chi connectivity index (χ3v) is 8.85. The highest BCUT2D eigenvalue weighted by atomic mass is 32.2. The Morgan fingerprint density at radius 1 is 0.886 bits per heavy atom. The molecule has 0 aliphatic rings. The average Bonchev–Trinajstić information content (AvgIpc) is 3.04. The Bertz CT molecular complexity index is 1460. The molecular formula is C33H43N3O7S. The van der Waals surface area contributed by atoms with E-state index >= 15 is 0 Å². The molecule has 1 N–H and O–H groups in total. The van der Waals surface area contributed by atoms with Crippen LogP contribution in [0.15, 0.2) is 77.7 Å². The molecule has 3 aromatic rings. The highest BCUT2D eigenvalue weighted by Gasteiger charge is 2.34. The standard InChI is InChI=1S/C33H43N3O7S/c1-6-21-34-33(38)29(7-2)35(22-20-25-12-10-9-11-13-25)32(37)24-36(26-14-16-27(17-15-26)43-8-3)44(39,40)28-18-19-30(41-4)31(23-28)42-5/h9-19,23,29H,6-8,20-22,24H2,1-5H3,(H,34,38). The van der Waals surface area contributed by atoms with Crippen LogP contribution in [0.3, 0.4) is 0 Å². The summed E-state index contributed by atoms with van der Waals surface area (Å²) in [5, 5.41) is 2.90. The van der Waals surface area contributed by atoms with Crippen molar-refractivity contribution < 1.29 is 32.2 Å². The number of nitrogens with zero attached hydrogens (tertiary/aromatic N) is 2. The van der Waals surface area contributed by atoms with Crippen LogP contribution in [0.2, 0.25) is 0 Å². The van der Waals surface area contributed by atoms with Crippen molar-refractivity contribution in [2.24, 2.45) is 0 Å². The Labute approximate surface area is 261 Å². The number of carbonyl (C=O) groups is 2. The number of anilines is 1. The normalized spacial score (nSPS) is 11.8. The van der Waals surface area contributed by atoms with Gasteiger partial charge in [0.15, 0.2) is 11.5 Å². The summed E-state index contributed by atoms with van der Waals surface area (Å²) in [6, 6.07) is 19.6. The Balaban J connectivity index is 2.05. The molecule has 1 atom stereocenters. The Morgan fingerprint density at radius 2 is 1.57 bits per heavy atom. The molecule has 2 amide bonds. The molecule has 1 unspecified atom stereocenters. The van der Waals surface area contributed by atoms with Gasteiger partial charge in [-0.25, -0.2) is 8.42 Å². The first-order valence-corrected chi connectivity index (χ1v) is 16.2. The minimum Gasteiger partial charge on any atom is -0.494 e. The first kappa shape index (κ1) is 34.2. The smallest absolute Gasteiger partial charge is 0.264 e. The van der Waals surface area contributed by atoms with Gasteiger partial charge < -0.3 is 24.4 Å². The number of rotatable bonds is 17. The lowest BCUT2D eigenvalue weighted by molar-refractivity contribution is -0.139. The summed E-state index contributed by atoms with van der Waals surface area (Å²) < 4.78 is 45.7. The fourth-order valence-corrected chi connectivity index (χ4v) is 6.20. The molecule has 0 spiro atoms. The van der Waals surface area contributed by atoms with E-state index in [0.717, 1.165) is 16.3 Å². The van der Waals surface area contributed by atoms with Crippen molar-refractivity contribution >= 4 is 27.5 Å². The minimum absolute atomic E-state index is 0.0830. The van der Waals surface area contributed by atoms with Crippen molar-refractivity contribution in [3.8, 4) is 17.2 Å². The maximum absolute atomic E-state index is 14.2. The molecule has 3 rings (SSSR count). The molecule has 0 heterocycles. The summed E-state index contributed by atoms with van der Waals surface area (Å²) >= 11 is 0. The molecule has 0 aliphatic heterocycles. The quantitative estimate of drug-likeness (QED) is 0.232. The summed E-state index contributed by atoms with van der Waals surface area (Å²) in [4.78, 5) is 28.8. The molecular weight excluding hydrogens is 582 g/mol. The van der Waals surface area contributed by atoms with Crippen LogP contribution in [-0.4, -0.2) is 71.6 Å². The molecule has 0 aliphatic carbocycles. The predicted molar refractivity (Wildman–Crippen MR) is 171 cm³/mol. The van der Waals surface area contributed by atoms with E-state index in [1.54, 1.807) is 24.3 Å². The molecule has 11 heteroatoms. The number of ether oxygens (including phenoxy) is 3. The second kappa shape index (κ2) is 16.6. The number of carbonyl (C=O) groups excluding carboxylic acids is 2. The number of methoxy groups -OCH3 is 2. The van der Waals surface area contributed by atoms with Crippen LogP contribution in [0.25, 0.3) is 0 Å². The second-order valence-corrected chi connectivity index (χ2v) is 11.9. The predicted octanol–water partition coefficient (Wildman–Crippen LogP) is 4.67. The zero-order chi connectivity index (χ0) is 32.1. The van der Waals surface area contributed by atoms with E-state index in [4.69, 9.17) is 14.2 Å². The maximum atomic E-state index is 14.2. The number of hydrogen-bond donors (Lipinski definition) is 1. The fourth-order valence-electron chi connectivity index (χ4n) is 4.77. The van der Waals surface area contributed by atoms with E-state index in [0.29, 0.717) is 37.5 Å². The summed E-state index contributed by atoms with van der Waals surface area (Å²) in [6.45, 7) is 6.26. The van der Waals surface area contributed by atoms with Gasteiger partial charge in [-0.15, -0.1) is 0 Å². The molecule has 0 radical (unpaired) electrons. The van der Waals surface area contributed by atoms with Crippen molar-refractivity contribution in [2.45, 2.75) is 51.0 Å². The number of sulfonamides is 1. The van der Waals surface area contributed by atoms with Gasteiger partial charge in [0.25, 0.3) is 10.0 Å². The Kier molecular flexibility index (Phi) is 12.9. The second-order valence-electron chi connectivity index (χ2n) is 9.99. The molecule has 238 valence electrons. The molecule has 0 saturated heterocycles. The van der Waals surface area contributed by atoms with Crippen LogP contribution in [0.5, 0.6) is 17.2 Å². The van der Waals surface area contributed by atoms with Gasteiger partial charge in [0.2, 0.25) is 11.8 Å². The maximum Gasteiger partial charge on any atom is 0.264 e. The topological polar surface area (TPSA) is 114 Å². The van der Waals surface area contributed by atoms with Crippen LogP contribution in [0, 0.1) is 0 Å². The minimum atomic E-state index is -4.29. The lowest BCUT2D eigenvalue weighted by Gasteiger charge is -2.33. The number of nitrogens with one attached hydrogen (secondary N) is 1. The van der Waals surface area contributed by atoms with Crippen molar-refractivity contribution in [1.29, 1.82) is 0 Å².